The molecular formula is C15H11F3O2S. The fourth-order valence-electron chi connectivity index (χ4n) is 1.68. The number of hydrogen-bond acceptors (Lipinski definition) is 2. The molecule has 2 aromatic rings. The molecule has 0 amide bonds. The zero-order valence-corrected chi connectivity index (χ0v) is 11.5. The zero-order chi connectivity index (χ0) is 15.5. The highest BCUT2D eigenvalue weighted by atomic mass is 32.2. The number of rotatable bonds is 4. The fourth-order valence-corrected chi connectivity index (χ4v) is 2.59. The maximum atomic E-state index is 12.4. The summed E-state index contributed by atoms with van der Waals surface area (Å²) in [4.78, 5) is 11.6. The van der Waals surface area contributed by atoms with Crippen LogP contribution in [0.1, 0.15) is 21.5 Å². The minimum Gasteiger partial charge on any atom is -0.478 e. The van der Waals surface area contributed by atoms with E-state index in [1.165, 1.54) is 36.0 Å². The van der Waals surface area contributed by atoms with Crippen LogP contribution in [0.3, 0.4) is 0 Å². The summed E-state index contributed by atoms with van der Waals surface area (Å²) >= 11 is 1.37. The second kappa shape index (κ2) is 6.22. The van der Waals surface area contributed by atoms with Crippen LogP contribution in [0.15, 0.2) is 53.4 Å². The van der Waals surface area contributed by atoms with Gasteiger partial charge in [-0.15, -0.1) is 11.8 Å². The molecule has 0 unspecified atom stereocenters. The van der Waals surface area contributed by atoms with Crippen molar-refractivity contribution in [1.82, 2.24) is 0 Å². The van der Waals surface area contributed by atoms with Crippen LogP contribution in [0.25, 0.3) is 0 Å². The van der Waals surface area contributed by atoms with Gasteiger partial charge in [-0.2, -0.15) is 13.2 Å². The Bertz CT molecular complexity index is 636. The summed E-state index contributed by atoms with van der Waals surface area (Å²) in [6, 6.07) is 11.4. The van der Waals surface area contributed by atoms with Crippen molar-refractivity contribution < 1.29 is 23.1 Å². The van der Waals surface area contributed by atoms with Gasteiger partial charge >= 0.3 is 12.1 Å². The molecule has 0 saturated heterocycles. The van der Waals surface area contributed by atoms with Crippen LogP contribution < -0.4 is 0 Å². The number of thioether (sulfide) groups is 1. The molecule has 0 heterocycles. The van der Waals surface area contributed by atoms with E-state index >= 15 is 0 Å². The van der Waals surface area contributed by atoms with E-state index in [1.807, 2.05) is 0 Å². The second-order valence-electron chi connectivity index (χ2n) is 4.32. The normalized spacial score (nSPS) is 11.4. The van der Waals surface area contributed by atoms with Crippen LogP contribution in [0.5, 0.6) is 0 Å². The summed E-state index contributed by atoms with van der Waals surface area (Å²) in [7, 11) is 0. The number of carbonyl (C=O) groups is 1. The average molecular weight is 312 g/mol. The van der Waals surface area contributed by atoms with E-state index in [9.17, 15) is 18.0 Å². The van der Waals surface area contributed by atoms with Gasteiger partial charge in [-0.25, -0.2) is 4.79 Å². The standard InChI is InChI=1S/C15H11F3O2S/c16-15(17,18)12-6-4-10(5-7-12)9-21-13-3-1-2-11(8-13)14(19)20/h1-8H,9H2,(H,19,20). The van der Waals surface area contributed by atoms with Crippen LogP contribution in [0, 0.1) is 0 Å². The van der Waals surface area contributed by atoms with Gasteiger partial charge in [-0.05, 0) is 35.9 Å². The van der Waals surface area contributed by atoms with Gasteiger partial charge in [0.2, 0.25) is 0 Å². The van der Waals surface area contributed by atoms with Crippen LogP contribution in [0.2, 0.25) is 0 Å². The van der Waals surface area contributed by atoms with Gasteiger partial charge in [-0.1, -0.05) is 18.2 Å². The van der Waals surface area contributed by atoms with Crippen molar-refractivity contribution in [2.45, 2.75) is 16.8 Å². The SMILES string of the molecule is O=C(O)c1cccc(SCc2ccc(C(F)(F)F)cc2)c1. The molecule has 0 aliphatic rings. The first-order chi connectivity index (χ1) is 9.86. The summed E-state index contributed by atoms with van der Waals surface area (Å²) in [5.41, 5.74) is 0.255. The predicted molar refractivity (Wildman–Crippen MR) is 74.4 cm³/mol. The largest absolute Gasteiger partial charge is 0.478 e. The number of alkyl halides is 3. The van der Waals surface area contributed by atoms with Gasteiger partial charge in [0.15, 0.2) is 0 Å². The summed E-state index contributed by atoms with van der Waals surface area (Å²) in [6.45, 7) is 0. The maximum absolute atomic E-state index is 12.4. The first kappa shape index (κ1) is 15.4. The minimum atomic E-state index is -4.33. The van der Waals surface area contributed by atoms with Crippen molar-refractivity contribution in [1.29, 1.82) is 0 Å². The van der Waals surface area contributed by atoms with Crippen molar-refractivity contribution in [3.63, 3.8) is 0 Å². The Morgan fingerprint density at radius 3 is 2.33 bits per heavy atom. The molecular weight excluding hydrogens is 301 g/mol. The van der Waals surface area contributed by atoms with E-state index in [4.69, 9.17) is 5.11 Å². The Balaban J connectivity index is 2.03. The number of aromatic carboxylic acids is 1. The zero-order valence-electron chi connectivity index (χ0n) is 10.7. The highest BCUT2D eigenvalue weighted by Gasteiger charge is 2.29. The van der Waals surface area contributed by atoms with Crippen molar-refractivity contribution in [3.8, 4) is 0 Å². The van der Waals surface area contributed by atoms with Gasteiger partial charge in [0.05, 0.1) is 11.1 Å². The van der Waals surface area contributed by atoms with E-state index in [0.29, 0.717) is 5.75 Å². The Labute approximate surface area is 123 Å². The predicted octanol–water partition coefficient (Wildman–Crippen LogP) is 4.70. The first-order valence-electron chi connectivity index (χ1n) is 5.98. The summed E-state index contributed by atoms with van der Waals surface area (Å²) < 4.78 is 37.3. The molecule has 2 nitrogen and oxygen atoms in total. The van der Waals surface area contributed by atoms with E-state index in [-0.39, 0.29) is 5.56 Å². The van der Waals surface area contributed by atoms with Crippen LogP contribution >= 0.6 is 11.8 Å². The quantitative estimate of drug-likeness (QED) is 0.832. The molecule has 2 rings (SSSR count). The van der Waals surface area contributed by atoms with E-state index in [1.54, 1.807) is 12.1 Å². The van der Waals surface area contributed by atoms with Crippen LogP contribution in [-0.2, 0) is 11.9 Å². The molecule has 0 spiro atoms. The third-order valence-electron chi connectivity index (χ3n) is 2.77. The lowest BCUT2D eigenvalue weighted by Crippen LogP contribution is -2.04. The smallest absolute Gasteiger partial charge is 0.416 e. The van der Waals surface area contributed by atoms with Crippen LogP contribution in [0.4, 0.5) is 13.2 Å². The molecule has 0 aromatic heterocycles. The highest BCUT2D eigenvalue weighted by Crippen LogP contribution is 2.30. The molecule has 0 aliphatic carbocycles. The number of carboxylic acids is 1. The van der Waals surface area contributed by atoms with Crippen LogP contribution in [-0.4, -0.2) is 11.1 Å². The summed E-state index contributed by atoms with van der Waals surface area (Å²) in [6.07, 6.45) is -4.33. The Hall–Kier alpha value is -1.95. The second-order valence-corrected chi connectivity index (χ2v) is 5.37. The van der Waals surface area contributed by atoms with Crippen molar-refractivity contribution in [2.24, 2.45) is 0 Å². The molecule has 0 aliphatic heterocycles. The number of carboxylic acid groups (broad SMARTS) is 1. The molecule has 0 atom stereocenters. The van der Waals surface area contributed by atoms with Gasteiger partial charge in [-0.3, -0.25) is 0 Å². The van der Waals surface area contributed by atoms with Crippen molar-refractivity contribution in [2.75, 3.05) is 0 Å². The fraction of sp³-hybridized carbons (Fsp3) is 0.133. The number of benzene rings is 2. The molecule has 0 saturated carbocycles. The molecule has 1 N–H and O–H groups in total. The lowest BCUT2D eigenvalue weighted by Gasteiger charge is -2.07. The van der Waals surface area contributed by atoms with Gasteiger partial charge < -0.3 is 5.11 Å². The third kappa shape index (κ3) is 4.26. The lowest BCUT2D eigenvalue weighted by molar-refractivity contribution is -0.137. The van der Waals surface area contributed by atoms with Gasteiger partial charge in [0.25, 0.3) is 0 Å². The molecule has 21 heavy (non-hydrogen) atoms. The Morgan fingerprint density at radius 1 is 1.10 bits per heavy atom. The first-order valence-corrected chi connectivity index (χ1v) is 6.97. The van der Waals surface area contributed by atoms with E-state index < -0.39 is 17.7 Å². The molecule has 6 heteroatoms. The topological polar surface area (TPSA) is 37.3 Å². The number of hydrogen-bond donors (Lipinski definition) is 1. The molecule has 2 aromatic carbocycles. The Morgan fingerprint density at radius 2 is 1.76 bits per heavy atom. The summed E-state index contributed by atoms with van der Waals surface area (Å²) in [5, 5.41) is 8.89. The minimum absolute atomic E-state index is 0.187. The average Bonchev–Trinajstić information content (AvgIpc) is 2.45. The van der Waals surface area contributed by atoms with E-state index in [2.05, 4.69) is 0 Å². The van der Waals surface area contributed by atoms with Gasteiger partial charge in [0, 0.05) is 10.6 Å². The number of halogens is 3. The van der Waals surface area contributed by atoms with Gasteiger partial charge in [0.1, 0.15) is 0 Å². The molecule has 0 radical (unpaired) electrons. The highest BCUT2D eigenvalue weighted by molar-refractivity contribution is 7.98. The monoisotopic (exact) mass is 312 g/mol. The molecule has 0 bridgehead atoms. The lowest BCUT2D eigenvalue weighted by atomic mass is 10.1. The maximum Gasteiger partial charge on any atom is 0.416 e. The van der Waals surface area contributed by atoms with E-state index in [0.717, 1.165) is 22.6 Å². The van der Waals surface area contributed by atoms with Crippen molar-refractivity contribution in [3.05, 3.63) is 65.2 Å². The third-order valence-corrected chi connectivity index (χ3v) is 3.83. The molecule has 0 fully saturated rings. The molecule has 110 valence electrons. The summed E-state index contributed by atoms with van der Waals surface area (Å²) in [5.74, 6) is -0.534. The van der Waals surface area contributed by atoms with Crippen molar-refractivity contribution >= 4 is 17.7 Å². The Kier molecular flexibility index (Phi) is 4.57.